The molecular formula is C17H40O4Si2. The highest BCUT2D eigenvalue weighted by Crippen LogP contribution is 2.31. The molecule has 0 unspecified atom stereocenters. The zero-order chi connectivity index (χ0) is 18.4. The van der Waals surface area contributed by atoms with Crippen LogP contribution < -0.4 is 0 Å². The molecule has 0 N–H and O–H groups in total. The van der Waals surface area contributed by atoms with Crippen molar-refractivity contribution < 1.29 is 17.7 Å². The Morgan fingerprint density at radius 3 is 1.26 bits per heavy atom. The van der Waals surface area contributed by atoms with Crippen LogP contribution in [0.1, 0.15) is 68.2 Å². The molecule has 140 valence electrons. The van der Waals surface area contributed by atoms with E-state index < -0.39 is 17.1 Å². The van der Waals surface area contributed by atoms with E-state index in [4.69, 9.17) is 17.7 Å². The van der Waals surface area contributed by atoms with E-state index in [0.29, 0.717) is 0 Å². The second-order valence-corrected chi connectivity index (χ2v) is 15.5. The van der Waals surface area contributed by atoms with Gasteiger partial charge in [0.2, 0.25) is 0 Å². The van der Waals surface area contributed by atoms with Crippen molar-refractivity contribution in [1.82, 2.24) is 0 Å². The summed E-state index contributed by atoms with van der Waals surface area (Å²) in [6.07, 6.45) is 1.99. The number of hydrogen-bond donors (Lipinski definition) is 0. The van der Waals surface area contributed by atoms with Crippen molar-refractivity contribution in [3.05, 3.63) is 0 Å². The van der Waals surface area contributed by atoms with E-state index in [0.717, 1.165) is 31.7 Å². The molecule has 0 amide bonds. The van der Waals surface area contributed by atoms with E-state index in [1.807, 2.05) is 0 Å². The van der Waals surface area contributed by atoms with Crippen molar-refractivity contribution in [3.8, 4) is 0 Å². The molecule has 0 heterocycles. The first-order valence-electron chi connectivity index (χ1n) is 8.92. The predicted octanol–water partition coefficient (Wildman–Crippen LogP) is 5.15. The van der Waals surface area contributed by atoms with Crippen molar-refractivity contribution in [3.63, 3.8) is 0 Å². The lowest BCUT2D eigenvalue weighted by molar-refractivity contribution is 0.0179. The second kappa shape index (κ2) is 9.10. The van der Waals surface area contributed by atoms with Gasteiger partial charge < -0.3 is 17.7 Å². The van der Waals surface area contributed by atoms with E-state index in [1.165, 1.54) is 0 Å². The summed E-state index contributed by atoms with van der Waals surface area (Å²) < 4.78 is 25.3. The van der Waals surface area contributed by atoms with Crippen LogP contribution in [0.15, 0.2) is 0 Å². The molecule has 0 aromatic heterocycles. The zero-order valence-corrected chi connectivity index (χ0v) is 19.2. The molecule has 0 radical (unpaired) electrons. The first-order chi connectivity index (χ1) is 10.2. The SMILES string of the molecule is CCCO[Si](C)(C[Si](C)(OC(C)(C)C)OC(C)(C)C)OCCC. The third kappa shape index (κ3) is 11.5. The lowest BCUT2D eigenvalue weighted by atomic mass is 10.2. The van der Waals surface area contributed by atoms with Crippen LogP contribution in [0.5, 0.6) is 0 Å². The molecule has 0 rings (SSSR count). The highest BCUT2D eigenvalue weighted by atomic mass is 28.4. The standard InChI is InChI=1S/C17H40O4Si2/c1-11-13-18-22(9,19-14-12-2)15-23(10,20-16(3,4)5)21-17(6,7)8/h11-15H2,1-10H3. The maximum Gasteiger partial charge on any atom is 0.337 e. The first kappa shape index (κ1) is 23.3. The van der Waals surface area contributed by atoms with Crippen molar-refractivity contribution in [1.29, 1.82) is 0 Å². The average molecular weight is 365 g/mol. The monoisotopic (exact) mass is 364 g/mol. The van der Waals surface area contributed by atoms with E-state index in [-0.39, 0.29) is 11.2 Å². The fraction of sp³-hybridized carbons (Fsp3) is 1.00. The maximum atomic E-state index is 6.45. The fourth-order valence-electron chi connectivity index (χ4n) is 2.75. The fourth-order valence-corrected chi connectivity index (χ4v) is 12.8. The van der Waals surface area contributed by atoms with Gasteiger partial charge in [0.15, 0.2) is 0 Å². The van der Waals surface area contributed by atoms with Crippen LogP contribution in [-0.4, -0.2) is 41.5 Å². The van der Waals surface area contributed by atoms with Crippen molar-refractivity contribution >= 4 is 17.1 Å². The van der Waals surface area contributed by atoms with E-state index in [9.17, 15) is 0 Å². The van der Waals surface area contributed by atoms with Gasteiger partial charge in [0.25, 0.3) is 0 Å². The van der Waals surface area contributed by atoms with Crippen LogP contribution in [-0.2, 0) is 17.7 Å². The maximum absolute atomic E-state index is 6.45. The van der Waals surface area contributed by atoms with Gasteiger partial charge in [-0.25, -0.2) is 0 Å². The Hall–Kier alpha value is 0.274. The van der Waals surface area contributed by atoms with Crippen LogP contribution >= 0.6 is 0 Å². The van der Waals surface area contributed by atoms with Crippen molar-refractivity contribution in [2.45, 2.75) is 98.2 Å². The molecule has 4 nitrogen and oxygen atoms in total. The van der Waals surface area contributed by atoms with Gasteiger partial charge in [-0.1, -0.05) is 13.8 Å². The van der Waals surface area contributed by atoms with Gasteiger partial charge in [-0.05, 0) is 67.5 Å². The Balaban J connectivity index is 5.32. The van der Waals surface area contributed by atoms with Crippen LogP contribution in [0.2, 0.25) is 18.8 Å². The van der Waals surface area contributed by atoms with Gasteiger partial charge >= 0.3 is 17.1 Å². The third-order valence-electron chi connectivity index (χ3n) is 2.91. The van der Waals surface area contributed by atoms with Crippen LogP contribution in [0, 0.1) is 0 Å². The van der Waals surface area contributed by atoms with Crippen LogP contribution in [0.25, 0.3) is 0 Å². The van der Waals surface area contributed by atoms with Crippen LogP contribution in [0.4, 0.5) is 0 Å². The Morgan fingerprint density at radius 2 is 1.00 bits per heavy atom. The van der Waals surface area contributed by atoms with Gasteiger partial charge in [0, 0.05) is 18.9 Å². The largest absolute Gasteiger partial charge is 0.394 e. The average Bonchev–Trinajstić information content (AvgIpc) is 2.28. The zero-order valence-electron chi connectivity index (χ0n) is 17.2. The quantitative estimate of drug-likeness (QED) is 0.502. The Morgan fingerprint density at radius 1 is 0.652 bits per heavy atom. The molecule has 0 aliphatic heterocycles. The van der Waals surface area contributed by atoms with E-state index in [1.54, 1.807) is 0 Å². The summed E-state index contributed by atoms with van der Waals surface area (Å²) in [7, 11) is -4.76. The molecule has 0 aromatic carbocycles. The molecule has 0 atom stereocenters. The summed E-state index contributed by atoms with van der Waals surface area (Å²) in [5.41, 5.74) is 0.308. The molecular weight excluding hydrogens is 324 g/mol. The summed E-state index contributed by atoms with van der Waals surface area (Å²) >= 11 is 0. The van der Waals surface area contributed by atoms with Gasteiger partial charge in [-0.3, -0.25) is 0 Å². The molecule has 23 heavy (non-hydrogen) atoms. The molecule has 0 fully saturated rings. The molecule has 0 aromatic rings. The smallest absolute Gasteiger partial charge is 0.337 e. The minimum atomic E-state index is -2.44. The van der Waals surface area contributed by atoms with Gasteiger partial charge in [-0.15, -0.1) is 0 Å². The summed E-state index contributed by atoms with van der Waals surface area (Å²) in [5, 5.41) is 0. The van der Waals surface area contributed by atoms with Crippen molar-refractivity contribution in [2.24, 2.45) is 0 Å². The minimum Gasteiger partial charge on any atom is -0.394 e. The Labute approximate surface area is 146 Å². The molecule has 0 aliphatic rings. The van der Waals surface area contributed by atoms with E-state index in [2.05, 4.69) is 68.5 Å². The first-order valence-corrected chi connectivity index (χ1v) is 14.0. The minimum absolute atomic E-state index is 0.239. The molecule has 6 heteroatoms. The number of hydrogen-bond acceptors (Lipinski definition) is 4. The van der Waals surface area contributed by atoms with E-state index >= 15 is 0 Å². The van der Waals surface area contributed by atoms with Gasteiger partial charge in [0.05, 0.1) is 11.2 Å². The topological polar surface area (TPSA) is 36.9 Å². The molecule has 0 saturated heterocycles. The normalized spacial score (nSPS) is 14.3. The second-order valence-electron chi connectivity index (χ2n) is 8.57. The highest BCUT2D eigenvalue weighted by molar-refractivity contribution is 6.85. The Kier molecular flexibility index (Phi) is 9.21. The summed E-state index contributed by atoms with van der Waals surface area (Å²) in [4.78, 5) is 0. The van der Waals surface area contributed by atoms with Crippen LogP contribution in [0.3, 0.4) is 0 Å². The summed E-state index contributed by atoms with van der Waals surface area (Å²) in [6, 6.07) is 0. The lowest BCUT2D eigenvalue weighted by Gasteiger charge is -2.42. The summed E-state index contributed by atoms with van der Waals surface area (Å²) in [5.74, 6) is 0. The molecule has 0 spiro atoms. The third-order valence-corrected chi connectivity index (χ3v) is 11.8. The van der Waals surface area contributed by atoms with Gasteiger partial charge in [-0.2, -0.15) is 0 Å². The van der Waals surface area contributed by atoms with Crippen molar-refractivity contribution in [2.75, 3.05) is 13.2 Å². The Bertz CT molecular complexity index is 310. The molecule has 0 bridgehead atoms. The molecule has 0 aliphatic carbocycles. The van der Waals surface area contributed by atoms with Gasteiger partial charge in [0.1, 0.15) is 0 Å². The lowest BCUT2D eigenvalue weighted by Crippen LogP contribution is -2.56. The number of rotatable bonds is 10. The predicted molar refractivity (Wildman–Crippen MR) is 102 cm³/mol. The summed E-state index contributed by atoms with van der Waals surface area (Å²) in [6.45, 7) is 22.6. The molecule has 0 saturated carbocycles. The highest BCUT2D eigenvalue weighted by Gasteiger charge is 2.48.